The number of anilines is 1. The Balaban J connectivity index is 2.43. The second-order valence-electron chi connectivity index (χ2n) is 5.16. The van der Waals surface area contributed by atoms with Crippen LogP contribution in [0.5, 0.6) is 0 Å². The minimum absolute atomic E-state index is 0.272. The molecule has 0 heterocycles. The molecule has 0 saturated carbocycles. The molecule has 0 unspecified atom stereocenters. The van der Waals surface area contributed by atoms with Crippen molar-refractivity contribution in [1.29, 1.82) is 5.53 Å². The number of nitrogens with zero attached hydrogens (tertiary/aromatic N) is 2. The predicted octanol–water partition coefficient (Wildman–Crippen LogP) is 2.61. The predicted molar refractivity (Wildman–Crippen MR) is 88.1 cm³/mol. The largest absolute Gasteiger partial charge is 0.377 e. The molecule has 6 nitrogen and oxygen atoms in total. The van der Waals surface area contributed by atoms with Gasteiger partial charge < -0.3 is 4.90 Å². The summed E-state index contributed by atoms with van der Waals surface area (Å²) in [5.41, 5.74) is 7.69. The van der Waals surface area contributed by atoms with Crippen molar-refractivity contribution >= 4 is 26.5 Å². The lowest BCUT2D eigenvalue weighted by atomic mass is 10.1. The molecule has 2 N–H and O–H groups in total. The van der Waals surface area contributed by atoms with Crippen LogP contribution in [0, 0.1) is 5.53 Å². The lowest BCUT2D eigenvalue weighted by Crippen LogP contribution is -2.25. The zero-order chi connectivity index (χ0) is 16.2. The van der Waals surface area contributed by atoms with Crippen LogP contribution in [0.2, 0.25) is 0 Å². The molecule has 0 aromatic heterocycles. The molecule has 0 fully saturated rings. The van der Waals surface area contributed by atoms with Crippen molar-refractivity contribution in [2.24, 2.45) is 5.11 Å². The highest BCUT2D eigenvalue weighted by Crippen LogP contribution is 2.29. The Labute approximate surface area is 130 Å². The molecule has 118 valence electrons. The van der Waals surface area contributed by atoms with Crippen LogP contribution >= 0.6 is 0 Å². The normalized spacial score (nSPS) is 11.5. The third-order valence-electron chi connectivity index (χ3n) is 3.37. The Kier molecular flexibility index (Phi) is 5.10. The number of benzene rings is 2. The van der Waals surface area contributed by atoms with Crippen LogP contribution in [0.4, 0.5) is 5.69 Å². The van der Waals surface area contributed by atoms with E-state index in [4.69, 9.17) is 5.53 Å². The Bertz CT molecular complexity index is 772. The maximum Gasteiger partial charge on any atom is 0.241 e. The van der Waals surface area contributed by atoms with Gasteiger partial charge in [-0.2, -0.15) is 5.11 Å². The van der Waals surface area contributed by atoms with Crippen molar-refractivity contribution < 1.29 is 8.42 Å². The summed E-state index contributed by atoms with van der Waals surface area (Å²) < 4.78 is 27.5. The van der Waals surface area contributed by atoms with Crippen LogP contribution in [0.3, 0.4) is 0 Å². The molecule has 7 heteroatoms. The lowest BCUT2D eigenvalue weighted by Gasteiger charge is -2.17. The Hall–Kier alpha value is -1.99. The third kappa shape index (κ3) is 3.42. The highest BCUT2D eigenvalue weighted by atomic mass is 32.2. The molecule has 22 heavy (non-hydrogen) atoms. The highest BCUT2D eigenvalue weighted by molar-refractivity contribution is 7.89. The number of rotatable bonds is 7. The van der Waals surface area contributed by atoms with Gasteiger partial charge in [0.2, 0.25) is 10.0 Å². The first-order chi connectivity index (χ1) is 10.5. The number of hydrogen-bond acceptors (Lipinski definition) is 5. The van der Waals surface area contributed by atoms with Crippen LogP contribution < -0.4 is 9.62 Å². The van der Waals surface area contributed by atoms with E-state index in [1.165, 1.54) is 0 Å². The lowest BCUT2D eigenvalue weighted by molar-refractivity contribution is 0.580. The Morgan fingerprint density at radius 3 is 2.50 bits per heavy atom. The summed E-state index contributed by atoms with van der Waals surface area (Å²) >= 11 is 0. The number of hydrogen-bond donors (Lipinski definition) is 2. The molecule has 2 aromatic carbocycles. The van der Waals surface area contributed by atoms with Crippen molar-refractivity contribution in [3.05, 3.63) is 36.4 Å². The van der Waals surface area contributed by atoms with E-state index in [0.717, 1.165) is 11.1 Å². The first kappa shape index (κ1) is 16.4. The zero-order valence-electron chi connectivity index (χ0n) is 12.7. The molecule has 0 aliphatic heterocycles. The maximum absolute atomic E-state index is 12.5. The van der Waals surface area contributed by atoms with Gasteiger partial charge in [-0.15, -0.1) is 0 Å². The molecule has 2 aromatic rings. The Morgan fingerprint density at radius 1 is 1.14 bits per heavy atom. The van der Waals surface area contributed by atoms with Crippen molar-refractivity contribution in [2.75, 3.05) is 32.1 Å². The molecule has 0 amide bonds. The molecule has 0 atom stereocenters. The second-order valence-corrected chi connectivity index (χ2v) is 6.89. The van der Waals surface area contributed by atoms with E-state index in [0.29, 0.717) is 18.4 Å². The van der Waals surface area contributed by atoms with E-state index in [1.54, 1.807) is 12.1 Å². The third-order valence-corrected chi connectivity index (χ3v) is 4.89. The maximum atomic E-state index is 12.5. The van der Waals surface area contributed by atoms with E-state index in [2.05, 4.69) is 9.84 Å². The van der Waals surface area contributed by atoms with Gasteiger partial charge >= 0.3 is 0 Å². The summed E-state index contributed by atoms with van der Waals surface area (Å²) in [5.74, 6) is 0. The van der Waals surface area contributed by atoms with E-state index < -0.39 is 10.0 Å². The average molecular weight is 320 g/mol. The number of sulfonamides is 1. The molecular formula is C15H20N4O2S. The van der Waals surface area contributed by atoms with Crippen molar-refractivity contribution in [1.82, 2.24) is 4.72 Å². The molecule has 0 aliphatic rings. The van der Waals surface area contributed by atoms with Gasteiger partial charge in [0.1, 0.15) is 0 Å². The molecule has 0 radical (unpaired) electrons. The van der Waals surface area contributed by atoms with Crippen molar-refractivity contribution in [3.8, 4) is 0 Å². The fourth-order valence-electron chi connectivity index (χ4n) is 2.33. The minimum Gasteiger partial charge on any atom is -0.377 e. The van der Waals surface area contributed by atoms with Crippen molar-refractivity contribution in [3.63, 3.8) is 0 Å². The minimum atomic E-state index is -3.58. The first-order valence-corrected chi connectivity index (χ1v) is 8.47. The molecule has 0 aliphatic carbocycles. The number of fused-ring (bicyclic) bond motifs is 1. The van der Waals surface area contributed by atoms with E-state index in [9.17, 15) is 8.42 Å². The summed E-state index contributed by atoms with van der Waals surface area (Å²) in [4.78, 5) is 2.23. The van der Waals surface area contributed by atoms with E-state index in [1.807, 2.05) is 43.3 Å². The molecular weight excluding hydrogens is 300 g/mol. The van der Waals surface area contributed by atoms with Gasteiger partial charge in [0.05, 0.1) is 11.4 Å². The average Bonchev–Trinajstić information content (AvgIpc) is 2.50. The fraction of sp³-hybridized carbons (Fsp3) is 0.333. The van der Waals surface area contributed by atoms with Gasteiger partial charge in [-0.3, -0.25) is 0 Å². The molecule has 0 saturated heterocycles. The summed E-state index contributed by atoms with van der Waals surface area (Å²) in [6.45, 7) is 0.595. The summed E-state index contributed by atoms with van der Waals surface area (Å²) in [6.07, 6.45) is 0.510. The molecule has 2 rings (SSSR count). The van der Waals surface area contributed by atoms with Crippen LogP contribution in [-0.2, 0) is 10.0 Å². The van der Waals surface area contributed by atoms with Gasteiger partial charge in [-0.25, -0.2) is 18.7 Å². The van der Waals surface area contributed by atoms with Crippen LogP contribution in [0.15, 0.2) is 46.4 Å². The number of nitrogens with one attached hydrogen (secondary N) is 2. The van der Waals surface area contributed by atoms with Gasteiger partial charge in [0.25, 0.3) is 0 Å². The van der Waals surface area contributed by atoms with Gasteiger partial charge in [0.15, 0.2) is 0 Å². The fourth-order valence-corrected chi connectivity index (χ4v) is 3.63. The van der Waals surface area contributed by atoms with Crippen LogP contribution in [0.25, 0.3) is 10.8 Å². The van der Waals surface area contributed by atoms with Gasteiger partial charge in [0, 0.05) is 37.1 Å². The van der Waals surface area contributed by atoms with E-state index >= 15 is 0 Å². The summed E-state index contributed by atoms with van der Waals surface area (Å²) in [7, 11) is 0.277. The highest BCUT2D eigenvalue weighted by Gasteiger charge is 2.17. The van der Waals surface area contributed by atoms with E-state index in [-0.39, 0.29) is 11.4 Å². The Morgan fingerprint density at radius 2 is 1.82 bits per heavy atom. The standard InChI is InChI=1S/C15H20N4O2S/c1-19(2)14-8-3-7-13-12(14)6-4-9-15(13)22(20,21)18-11-5-10-17-16/h3-4,6-9,16,18H,5,10-11H2,1-2H3. The SMILES string of the molecule is CN(C)c1cccc2c(S(=O)(=O)NCCCN=N)cccc12. The van der Waals surface area contributed by atoms with Gasteiger partial charge in [-0.1, -0.05) is 24.3 Å². The monoisotopic (exact) mass is 320 g/mol. The second kappa shape index (κ2) is 6.85. The summed E-state index contributed by atoms with van der Waals surface area (Å²) in [5, 5.41) is 4.82. The molecule has 0 spiro atoms. The van der Waals surface area contributed by atoms with Gasteiger partial charge in [-0.05, 0) is 18.6 Å². The topological polar surface area (TPSA) is 85.6 Å². The van der Waals surface area contributed by atoms with Crippen LogP contribution in [0.1, 0.15) is 6.42 Å². The first-order valence-electron chi connectivity index (χ1n) is 6.99. The molecule has 0 bridgehead atoms. The van der Waals surface area contributed by atoms with Crippen molar-refractivity contribution in [2.45, 2.75) is 11.3 Å². The summed E-state index contributed by atoms with van der Waals surface area (Å²) in [6, 6.07) is 10.9. The quantitative estimate of drug-likeness (QED) is 0.607. The smallest absolute Gasteiger partial charge is 0.241 e. The van der Waals surface area contributed by atoms with Crippen LogP contribution in [-0.4, -0.2) is 35.6 Å². The zero-order valence-corrected chi connectivity index (χ0v) is 13.5.